The van der Waals surface area contributed by atoms with Crippen molar-refractivity contribution in [3.8, 4) is 11.1 Å². The Labute approximate surface area is 118 Å². The van der Waals surface area contributed by atoms with Crippen molar-refractivity contribution in [2.24, 2.45) is 0 Å². The van der Waals surface area contributed by atoms with E-state index in [-0.39, 0.29) is 11.7 Å². The number of benzene rings is 2. The summed E-state index contributed by atoms with van der Waals surface area (Å²) in [6.45, 7) is 3.73. The molecule has 0 aliphatic heterocycles. The van der Waals surface area contributed by atoms with Crippen molar-refractivity contribution in [1.82, 2.24) is 5.32 Å². The van der Waals surface area contributed by atoms with Gasteiger partial charge >= 0.3 is 0 Å². The van der Waals surface area contributed by atoms with Gasteiger partial charge in [-0.2, -0.15) is 0 Å². The minimum atomic E-state index is -0.609. The summed E-state index contributed by atoms with van der Waals surface area (Å²) >= 11 is 0. The van der Waals surface area contributed by atoms with Gasteiger partial charge in [-0.1, -0.05) is 42.5 Å². The van der Waals surface area contributed by atoms with E-state index in [1.807, 2.05) is 38.1 Å². The van der Waals surface area contributed by atoms with Crippen LogP contribution in [0.4, 0.5) is 4.39 Å². The van der Waals surface area contributed by atoms with E-state index in [4.69, 9.17) is 0 Å². The second kappa shape index (κ2) is 5.45. The largest absolute Gasteiger partial charge is 0.358 e. The molecule has 0 aromatic heterocycles. The Bertz CT molecular complexity index is 617. The Morgan fingerprint density at radius 2 is 1.65 bits per heavy atom. The first-order valence-electron chi connectivity index (χ1n) is 6.54. The van der Waals surface area contributed by atoms with Crippen molar-refractivity contribution in [2.45, 2.75) is 19.3 Å². The van der Waals surface area contributed by atoms with Crippen molar-refractivity contribution in [2.75, 3.05) is 7.05 Å². The van der Waals surface area contributed by atoms with Gasteiger partial charge in [0.2, 0.25) is 5.91 Å². The number of halogens is 1. The first kappa shape index (κ1) is 14.3. The number of likely N-dealkylation sites (N-methyl/N-ethyl adjacent to an activating group) is 1. The molecule has 2 aromatic rings. The van der Waals surface area contributed by atoms with Crippen molar-refractivity contribution in [1.29, 1.82) is 0 Å². The Kier molecular flexibility index (Phi) is 3.89. The van der Waals surface area contributed by atoms with E-state index in [0.717, 1.165) is 11.1 Å². The molecule has 0 radical (unpaired) electrons. The van der Waals surface area contributed by atoms with Gasteiger partial charge in [0.25, 0.3) is 0 Å². The molecule has 0 saturated heterocycles. The SMILES string of the molecule is CNC(=O)C(C)(C)c1ccc(-c2ccccc2F)cc1. The third kappa shape index (κ3) is 2.57. The van der Waals surface area contributed by atoms with Gasteiger partial charge < -0.3 is 5.32 Å². The average molecular weight is 271 g/mol. The molecule has 0 aliphatic carbocycles. The molecule has 0 saturated carbocycles. The van der Waals surface area contributed by atoms with Crippen LogP contribution in [0, 0.1) is 5.82 Å². The average Bonchev–Trinajstić information content (AvgIpc) is 2.47. The highest BCUT2D eigenvalue weighted by atomic mass is 19.1. The van der Waals surface area contributed by atoms with Crippen molar-refractivity contribution >= 4 is 5.91 Å². The zero-order valence-electron chi connectivity index (χ0n) is 11.9. The van der Waals surface area contributed by atoms with Crippen LogP contribution < -0.4 is 5.32 Å². The fraction of sp³-hybridized carbons (Fsp3) is 0.235. The number of carbonyl (C=O) groups excluding carboxylic acids is 1. The first-order valence-corrected chi connectivity index (χ1v) is 6.54. The van der Waals surface area contributed by atoms with E-state index in [1.165, 1.54) is 6.07 Å². The molecule has 0 aliphatic rings. The van der Waals surface area contributed by atoms with Gasteiger partial charge in [0.1, 0.15) is 5.82 Å². The molecule has 0 unspecified atom stereocenters. The van der Waals surface area contributed by atoms with Gasteiger partial charge in [0.05, 0.1) is 5.41 Å². The lowest BCUT2D eigenvalue weighted by Crippen LogP contribution is -2.37. The van der Waals surface area contributed by atoms with Crippen LogP contribution in [0.1, 0.15) is 19.4 Å². The third-order valence-electron chi connectivity index (χ3n) is 3.59. The molecule has 0 spiro atoms. The molecule has 1 N–H and O–H groups in total. The quantitative estimate of drug-likeness (QED) is 0.909. The van der Waals surface area contributed by atoms with E-state index < -0.39 is 5.41 Å². The standard InChI is InChI=1S/C17H18FNO/c1-17(2,16(20)19-3)13-10-8-12(9-11-13)14-6-4-5-7-15(14)18/h4-11H,1-3H3,(H,19,20). The summed E-state index contributed by atoms with van der Waals surface area (Å²) in [6.07, 6.45) is 0. The lowest BCUT2D eigenvalue weighted by molar-refractivity contribution is -0.125. The maximum absolute atomic E-state index is 13.7. The molecule has 0 atom stereocenters. The molecule has 3 heteroatoms. The number of carbonyl (C=O) groups is 1. The number of amides is 1. The molecule has 2 aromatic carbocycles. The Morgan fingerprint density at radius 3 is 2.20 bits per heavy atom. The molecular weight excluding hydrogens is 253 g/mol. The molecule has 104 valence electrons. The van der Waals surface area contributed by atoms with E-state index in [9.17, 15) is 9.18 Å². The molecule has 20 heavy (non-hydrogen) atoms. The van der Waals surface area contributed by atoms with Gasteiger partial charge in [0.15, 0.2) is 0 Å². The second-order valence-corrected chi connectivity index (χ2v) is 5.26. The van der Waals surface area contributed by atoms with Gasteiger partial charge in [-0.05, 0) is 31.0 Å². The minimum absolute atomic E-state index is 0.0452. The molecule has 2 nitrogen and oxygen atoms in total. The lowest BCUT2D eigenvalue weighted by atomic mass is 9.83. The van der Waals surface area contributed by atoms with Crippen LogP contribution in [0.3, 0.4) is 0 Å². The maximum Gasteiger partial charge on any atom is 0.229 e. The molecule has 0 heterocycles. The predicted octanol–water partition coefficient (Wildman–Crippen LogP) is 3.52. The number of hydrogen-bond acceptors (Lipinski definition) is 1. The van der Waals surface area contributed by atoms with Crippen LogP contribution in [0.2, 0.25) is 0 Å². The monoisotopic (exact) mass is 271 g/mol. The molecule has 2 rings (SSSR count). The van der Waals surface area contributed by atoms with E-state index in [2.05, 4.69) is 5.32 Å². The van der Waals surface area contributed by atoms with Crippen LogP contribution in [0.5, 0.6) is 0 Å². The van der Waals surface area contributed by atoms with Gasteiger partial charge in [0, 0.05) is 12.6 Å². The summed E-state index contributed by atoms with van der Waals surface area (Å²) < 4.78 is 13.7. The summed E-state index contributed by atoms with van der Waals surface area (Å²) in [7, 11) is 1.62. The highest BCUT2D eigenvalue weighted by Crippen LogP contribution is 2.28. The smallest absolute Gasteiger partial charge is 0.229 e. The Balaban J connectivity index is 2.36. The van der Waals surface area contributed by atoms with Crippen molar-refractivity contribution < 1.29 is 9.18 Å². The van der Waals surface area contributed by atoms with Gasteiger partial charge in [-0.15, -0.1) is 0 Å². The fourth-order valence-corrected chi connectivity index (χ4v) is 2.21. The van der Waals surface area contributed by atoms with E-state index in [1.54, 1.807) is 25.2 Å². The normalized spacial score (nSPS) is 11.2. The van der Waals surface area contributed by atoms with Crippen LogP contribution in [0.25, 0.3) is 11.1 Å². The highest BCUT2D eigenvalue weighted by Gasteiger charge is 2.28. The first-order chi connectivity index (χ1) is 9.46. The minimum Gasteiger partial charge on any atom is -0.358 e. The summed E-state index contributed by atoms with van der Waals surface area (Å²) in [5, 5.41) is 2.66. The van der Waals surface area contributed by atoms with Crippen LogP contribution in [0.15, 0.2) is 48.5 Å². The molecule has 0 bridgehead atoms. The van der Waals surface area contributed by atoms with Crippen LogP contribution >= 0.6 is 0 Å². The number of nitrogens with one attached hydrogen (secondary N) is 1. The fourth-order valence-electron chi connectivity index (χ4n) is 2.21. The third-order valence-corrected chi connectivity index (χ3v) is 3.59. The van der Waals surface area contributed by atoms with Crippen molar-refractivity contribution in [3.05, 3.63) is 59.9 Å². The predicted molar refractivity (Wildman–Crippen MR) is 78.9 cm³/mol. The van der Waals surface area contributed by atoms with Gasteiger partial charge in [-0.25, -0.2) is 4.39 Å². The summed E-state index contributed by atoms with van der Waals surface area (Å²) in [5.74, 6) is -0.290. The molecular formula is C17H18FNO. The van der Waals surface area contributed by atoms with E-state index in [0.29, 0.717) is 5.56 Å². The van der Waals surface area contributed by atoms with Crippen LogP contribution in [-0.4, -0.2) is 13.0 Å². The zero-order valence-corrected chi connectivity index (χ0v) is 11.9. The zero-order chi connectivity index (χ0) is 14.8. The summed E-state index contributed by atoms with van der Waals surface area (Å²) in [6, 6.07) is 14.1. The number of hydrogen-bond donors (Lipinski definition) is 1. The topological polar surface area (TPSA) is 29.1 Å². The molecule has 0 fully saturated rings. The second-order valence-electron chi connectivity index (χ2n) is 5.26. The van der Waals surface area contributed by atoms with Crippen molar-refractivity contribution in [3.63, 3.8) is 0 Å². The summed E-state index contributed by atoms with van der Waals surface area (Å²) in [4.78, 5) is 11.9. The Morgan fingerprint density at radius 1 is 1.05 bits per heavy atom. The molecule has 1 amide bonds. The highest BCUT2D eigenvalue weighted by molar-refractivity contribution is 5.87. The Hall–Kier alpha value is -2.16. The maximum atomic E-state index is 13.7. The van der Waals surface area contributed by atoms with Crippen LogP contribution in [-0.2, 0) is 10.2 Å². The number of rotatable bonds is 3. The summed E-state index contributed by atoms with van der Waals surface area (Å²) in [5.41, 5.74) is 1.66. The lowest BCUT2D eigenvalue weighted by Gasteiger charge is -2.23. The van der Waals surface area contributed by atoms with Gasteiger partial charge in [-0.3, -0.25) is 4.79 Å². The van der Waals surface area contributed by atoms with E-state index >= 15 is 0 Å².